The third-order valence-corrected chi connectivity index (χ3v) is 6.91. The Kier molecular flexibility index (Phi) is 7.10. The van der Waals surface area contributed by atoms with Crippen LogP contribution < -0.4 is 10.2 Å². The maximum atomic E-state index is 13.2. The van der Waals surface area contributed by atoms with E-state index in [0.29, 0.717) is 28.6 Å². The van der Waals surface area contributed by atoms with Gasteiger partial charge in [-0.3, -0.25) is 14.4 Å². The van der Waals surface area contributed by atoms with Crippen LogP contribution in [0.4, 0.5) is 5.69 Å². The van der Waals surface area contributed by atoms with Gasteiger partial charge in [0.15, 0.2) is 0 Å². The largest absolute Gasteiger partial charge is 0.357 e. The number of amides is 3. The number of rotatable bonds is 8. The minimum Gasteiger partial charge on any atom is -0.357 e. The highest BCUT2D eigenvalue weighted by Crippen LogP contribution is 2.37. The summed E-state index contributed by atoms with van der Waals surface area (Å²) in [5, 5.41) is 5.39. The van der Waals surface area contributed by atoms with Gasteiger partial charge in [-0.25, -0.2) is 0 Å². The highest BCUT2D eigenvalue weighted by atomic mass is 35.5. The molecule has 0 bridgehead atoms. The summed E-state index contributed by atoms with van der Waals surface area (Å²) in [5.74, 6) is -0.486. The van der Waals surface area contributed by atoms with Crippen molar-refractivity contribution in [3.63, 3.8) is 0 Å². The van der Waals surface area contributed by atoms with Crippen LogP contribution in [0.1, 0.15) is 35.7 Å². The maximum Gasteiger partial charge on any atom is 0.258 e. The van der Waals surface area contributed by atoms with E-state index in [-0.39, 0.29) is 30.7 Å². The molecule has 0 aliphatic carbocycles. The maximum absolute atomic E-state index is 13.2. The van der Waals surface area contributed by atoms with Crippen LogP contribution in [0, 0.1) is 0 Å². The number of nitrogens with zero attached hydrogens (tertiary/aromatic N) is 2. The molecular formula is C26H25Cl2N3O3. The van der Waals surface area contributed by atoms with E-state index in [1.165, 1.54) is 11.9 Å². The molecule has 0 saturated carbocycles. The van der Waals surface area contributed by atoms with Crippen molar-refractivity contribution in [2.75, 3.05) is 18.5 Å². The number of likely N-dealkylation sites (N-methyl/N-ethyl adjacent to an activating group) is 1. The molecule has 0 fully saturated rings. The fourth-order valence-corrected chi connectivity index (χ4v) is 4.68. The summed E-state index contributed by atoms with van der Waals surface area (Å²) in [6, 6.07) is 16.0. The van der Waals surface area contributed by atoms with Gasteiger partial charge in [-0.2, -0.15) is 0 Å². The van der Waals surface area contributed by atoms with E-state index < -0.39 is 6.04 Å². The molecule has 176 valence electrons. The molecule has 34 heavy (non-hydrogen) atoms. The summed E-state index contributed by atoms with van der Waals surface area (Å²) in [6.07, 6.45) is 0.659. The summed E-state index contributed by atoms with van der Waals surface area (Å²) in [5.41, 5.74) is 2.33. The molecule has 4 rings (SSSR count). The summed E-state index contributed by atoms with van der Waals surface area (Å²) >= 11 is 12.1. The predicted molar refractivity (Wildman–Crippen MR) is 135 cm³/mol. The molecule has 1 aliphatic heterocycles. The lowest BCUT2D eigenvalue weighted by Gasteiger charge is -2.29. The van der Waals surface area contributed by atoms with E-state index >= 15 is 0 Å². The first-order chi connectivity index (χ1) is 16.3. The Morgan fingerprint density at radius 1 is 1.06 bits per heavy atom. The first-order valence-electron chi connectivity index (χ1n) is 11.1. The van der Waals surface area contributed by atoms with Crippen LogP contribution in [0.3, 0.4) is 0 Å². The Hall–Kier alpha value is -3.09. The lowest BCUT2D eigenvalue weighted by molar-refractivity contribution is -0.140. The molecule has 1 N–H and O–H groups in total. The van der Waals surface area contributed by atoms with E-state index in [1.54, 1.807) is 30.0 Å². The lowest BCUT2D eigenvalue weighted by Crippen LogP contribution is -2.46. The first-order valence-corrected chi connectivity index (χ1v) is 11.9. The smallest absolute Gasteiger partial charge is 0.258 e. The molecule has 3 amide bonds. The van der Waals surface area contributed by atoms with Crippen molar-refractivity contribution in [2.45, 2.75) is 32.4 Å². The van der Waals surface area contributed by atoms with Crippen molar-refractivity contribution < 1.29 is 14.4 Å². The number of carbonyl (C=O) groups is 3. The van der Waals surface area contributed by atoms with Crippen molar-refractivity contribution in [1.82, 2.24) is 10.2 Å². The van der Waals surface area contributed by atoms with E-state index in [2.05, 4.69) is 5.32 Å². The second-order valence-corrected chi connectivity index (χ2v) is 9.12. The Bertz CT molecular complexity index is 1270. The summed E-state index contributed by atoms with van der Waals surface area (Å²) in [7, 11) is 1.54. The summed E-state index contributed by atoms with van der Waals surface area (Å²) in [6.45, 7) is 2.32. The number of carbonyl (C=O) groups excluding carboxylic acids is 3. The zero-order valence-corrected chi connectivity index (χ0v) is 20.5. The van der Waals surface area contributed by atoms with Gasteiger partial charge in [-0.1, -0.05) is 53.5 Å². The number of halogens is 2. The molecule has 1 heterocycles. The monoisotopic (exact) mass is 497 g/mol. The van der Waals surface area contributed by atoms with Gasteiger partial charge in [-0.15, -0.1) is 0 Å². The SMILES string of the molecule is CNC(=O)[C@H](C)N(Cc1ccc(Cl)c(Cl)c1)C(=O)CCCN1C(=O)c2cccc3cccc1c23. The highest BCUT2D eigenvalue weighted by Gasteiger charge is 2.30. The predicted octanol–water partition coefficient (Wildman–Crippen LogP) is 5.05. The van der Waals surface area contributed by atoms with Gasteiger partial charge in [0, 0.05) is 37.5 Å². The van der Waals surface area contributed by atoms with Crippen LogP contribution in [0.25, 0.3) is 10.8 Å². The molecule has 1 atom stereocenters. The van der Waals surface area contributed by atoms with Crippen molar-refractivity contribution in [3.05, 3.63) is 75.8 Å². The Morgan fingerprint density at radius 2 is 1.79 bits per heavy atom. The van der Waals surface area contributed by atoms with E-state index in [0.717, 1.165) is 22.0 Å². The molecule has 0 spiro atoms. The highest BCUT2D eigenvalue weighted by molar-refractivity contribution is 6.42. The van der Waals surface area contributed by atoms with Crippen LogP contribution in [0.2, 0.25) is 10.0 Å². The van der Waals surface area contributed by atoms with Crippen molar-refractivity contribution in [3.8, 4) is 0 Å². The third kappa shape index (κ3) is 4.61. The second kappa shape index (κ2) is 10.0. The minimum atomic E-state index is -0.668. The fourth-order valence-electron chi connectivity index (χ4n) is 4.36. The normalized spacial score (nSPS) is 13.3. The molecule has 0 unspecified atom stereocenters. The second-order valence-electron chi connectivity index (χ2n) is 8.30. The number of benzene rings is 3. The van der Waals surface area contributed by atoms with Gasteiger partial charge in [0.2, 0.25) is 11.8 Å². The third-order valence-electron chi connectivity index (χ3n) is 6.17. The first kappa shape index (κ1) is 24.0. The fraction of sp³-hybridized carbons (Fsp3) is 0.269. The lowest BCUT2D eigenvalue weighted by atomic mass is 10.1. The van der Waals surface area contributed by atoms with E-state index in [1.807, 2.05) is 36.4 Å². The zero-order valence-electron chi connectivity index (χ0n) is 19.0. The van der Waals surface area contributed by atoms with Gasteiger partial charge >= 0.3 is 0 Å². The van der Waals surface area contributed by atoms with Gasteiger partial charge in [-0.05, 0) is 48.6 Å². The average molecular weight is 498 g/mol. The molecular weight excluding hydrogens is 473 g/mol. The Labute approximate surface area is 208 Å². The molecule has 6 nitrogen and oxygen atoms in total. The van der Waals surface area contributed by atoms with Crippen molar-refractivity contribution in [2.24, 2.45) is 0 Å². The molecule has 0 aromatic heterocycles. The van der Waals surface area contributed by atoms with Gasteiger partial charge in [0.05, 0.1) is 15.7 Å². The molecule has 3 aromatic carbocycles. The number of hydrogen-bond acceptors (Lipinski definition) is 3. The number of nitrogens with one attached hydrogen (secondary N) is 1. The molecule has 1 aliphatic rings. The summed E-state index contributed by atoms with van der Waals surface area (Å²) in [4.78, 5) is 41.8. The zero-order chi connectivity index (χ0) is 24.4. The van der Waals surface area contributed by atoms with Crippen molar-refractivity contribution in [1.29, 1.82) is 0 Å². The molecule has 3 aromatic rings. The number of anilines is 1. The molecule has 8 heteroatoms. The van der Waals surface area contributed by atoms with Crippen LogP contribution in [-0.2, 0) is 16.1 Å². The van der Waals surface area contributed by atoms with E-state index in [9.17, 15) is 14.4 Å². The van der Waals surface area contributed by atoms with Gasteiger partial charge in [0.1, 0.15) is 6.04 Å². The van der Waals surface area contributed by atoms with Crippen LogP contribution in [0.15, 0.2) is 54.6 Å². The van der Waals surface area contributed by atoms with E-state index in [4.69, 9.17) is 23.2 Å². The quantitative estimate of drug-likeness (QED) is 0.473. The standard InChI is InChI=1S/C26H25Cl2N3O3/c1-16(25(33)29-2)31(15-17-11-12-20(27)21(28)14-17)23(32)10-5-13-30-22-9-4-7-18-6-3-8-19(24(18)22)26(30)34/h3-4,6-9,11-12,14,16H,5,10,13,15H2,1-2H3,(H,29,33)/t16-/m0/s1. The van der Waals surface area contributed by atoms with Gasteiger partial charge in [0.25, 0.3) is 5.91 Å². The average Bonchev–Trinajstić information content (AvgIpc) is 3.11. The van der Waals surface area contributed by atoms with Crippen LogP contribution >= 0.6 is 23.2 Å². The Balaban J connectivity index is 1.47. The minimum absolute atomic E-state index is 0.0503. The Morgan fingerprint density at radius 3 is 2.50 bits per heavy atom. The topological polar surface area (TPSA) is 69.7 Å². The summed E-state index contributed by atoms with van der Waals surface area (Å²) < 4.78 is 0. The van der Waals surface area contributed by atoms with Crippen LogP contribution in [-0.4, -0.2) is 42.3 Å². The number of hydrogen-bond donors (Lipinski definition) is 1. The van der Waals surface area contributed by atoms with Crippen LogP contribution in [0.5, 0.6) is 0 Å². The van der Waals surface area contributed by atoms with Crippen molar-refractivity contribution >= 4 is 57.4 Å². The van der Waals surface area contributed by atoms with Gasteiger partial charge < -0.3 is 15.1 Å². The molecule has 0 saturated heterocycles. The molecule has 0 radical (unpaired) electrons.